The van der Waals surface area contributed by atoms with Crippen LogP contribution in [0.5, 0.6) is 0 Å². The van der Waals surface area contributed by atoms with E-state index in [0.29, 0.717) is 12.5 Å². The number of hydrogen-bond acceptors (Lipinski definition) is 3. The number of hydrogen-bond donors (Lipinski definition) is 2. The monoisotopic (exact) mass is 255 g/mol. The molecule has 2 rings (SSSR count). The molecule has 0 radical (unpaired) electrons. The molecule has 18 heavy (non-hydrogen) atoms. The van der Waals surface area contributed by atoms with Crippen molar-refractivity contribution in [2.45, 2.75) is 51.6 Å². The Morgan fingerprint density at radius 1 is 1.33 bits per heavy atom. The first kappa shape index (κ1) is 14.3. The normalized spacial score (nSPS) is 40.8. The highest BCUT2D eigenvalue weighted by atomic mass is 16.3. The first-order valence-electron chi connectivity index (χ1n) is 7.50. The van der Waals surface area contributed by atoms with Crippen molar-refractivity contribution in [1.29, 1.82) is 0 Å². The standard InChI is InChI=1S/C15H29NO2/c1-12-4-3-5-15(8-12,11-17)10-16(2)9-13-6-14(18)7-13/h12-14,17-18H,3-11H2,1-2H3. The highest BCUT2D eigenvalue weighted by molar-refractivity contribution is 4.88. The lowest BCUT2D eigenvalue weighted by Crippen LogP contribution is -2.45. The number of aliphatic hydroxyl groups excluding tert-OH is 2. The average molecular weight is 255 g/mol. The van der Waals surface area contributed by atoms with Crippen molar-refractivity contribution >= 4 is 0 Å². The molecule has 0 aromatic rings. The second-order valence-corrected chi connectivity index (χ2v) is 7.05. The Morgan fingerprint density at radius 3 is 2.61 bits per heavy atom. The van der Waals surface area contributed by atoms with Gasteiger partial charge in [0.15, 0.2) is 0 Å². The van der Waals surface area contributed by atoms with Crippen molar-refractivity contribution in [1.82, 2.24) is 4.90 Å². The minimum absolute atomic E-state index is 0.0510. The molecule has 0 bridgehead atoms. The summed E-state index contributed by atoms with van der Waals surface area (Å²) in [6, 6.07) is 0. The van der Waals surface area contributed by atoms with Crippen LogP contribution < -0.4 is 0 Å². The molecule has 0 heterocycles. The lowest BCUT2D eigenvalue weighted by atomic mass is 9.70. The van der Waals surface area contributed by atoms with Gasteiger partial charge in [-0.15, -0.1) is 0 Å². The molecule has 2 aliphatic carbocycles. The van der Waals surface area contributed by atoms with Crippen LogP contribution in [0.3, 0.4) is 0 Å². The van der Waals surface area contributed by atoms with Gasteiger partial charge in [0.2, 0.25) is 0 Å². The maximum Gasteiger partial charge on any atom is 0.0546 e. The highest BCUT2D eigenvalue weighted by Gasteiger charge is 2.36. The molecule has 0 amide bonds. The van der Waals surface area contributed by atoms with Crippen LogP contribution in [0.4, 0.5) is 0 Å². The van der Waals surface area contributed by atoms with E-state index in [1.54, 1.807) is 0 Å². The Bertz CT molecular complexity index is 265. The number of aliphatic hydroxyl groups is 2. The third-order valence-corrected chi connectivity index (χ3v) is 4.91. The van der Waals surface area contributed by atoms with E-state index < -0.39 is 0 Å². The van der Waals surface area contributed by atoms with E-state index in [1.807, 2.05) is 0 Å². The maximum absolute atomic E-state index is 9.79. The summed E-state index contributed by atoms with van der Waals surface area (Å²) in [6.45, 7) is 4.73. The first-order chi connectivity index (χ1) is 8.53. The summed E-state index contributed by atoms with van der Waals surface area (Å²) in [6.07, 6.45) is 6.80. The molecule has 3 heteroatoms. The zero-order valence-electron chi connectivity index (χ0n) is 11.9. The zero-order chi connectivity index (χ0) is 13.2. The van der Waals surface area contributed by atoms with Gasteiger partial charge in [0, 0.05) is 25.1 Å². The maximum atomic E-state index is 9.79. The van der Waals surface area contributed by atoms with Crippen molar-refractivity contribution in [3.05, 3.63) is 0 Å². The van der Waals surface area contributed by atoms with Crippen LogP contribution in [0.15, 0.2) is 0 Å². The van der Waals surface area contributed by atoms with E-state index in [9.17, 15) is 10.2 Å². The van der Waals surface area contributed by atoms with Crippen molar-refractivity contribution in [2.75, 3.05) is 26.7 Å². The second-order valence-electron chi connectivity index (χ2n) is 7.05. The van der Waals surface area contributed by atoms with E-state index in [1.165, 1.54) is 25.7 Å². The van der Waals surface area contributed by atoms with Gasteiger partial charge in [-0.2, -0.15) is 0 Å². The Hall–Kier alpha value is -0.120. The van der Waals surface area contributed by atoms with Crippen molar-refractivity contribution in [2.24, 2.45) is 17.3 Å². The molecule has 0 spiro atoms. The van der Waals surface area contributed by atoms with E-state index >= 15 is 0 Å². The molecule has 2 saturated carbocycles. The van der Waals surface area contributed by atoms with Gasteiger partial charge in [-0.25, -0.2) is 0 Å². The zero-order valence-corrected chi connectivity index (χ0v) is 11.9. The fourth-order valence-electron chi connectivity index (χ4n) is 4.03. The summed E-state index contributed by atoms with van der Waals surface area (Å²) in [7, 11) is 2.17. The fraction of sp³-hybridized carbons (Fsp3) is 1.00. The summed E-state index contributed by atoms with van der Waals surface area (Å²) in [5.41, 5.74) is 0.134. The summed E-state index contributed by atoms with van der Waals surface area (Å²) in [5, 5.41) is 19.1. The SMILES string of the molecule is CC1CCCC(CO)(CN(C)CC2CC(O)C2)C1. The largest absolute Gasteiger partial charge is 0.396 e. The summed E-state index contributed by atoms with van der Waals surface area (Å²) >= 11 is 0. The number of nitrogens with zero attached hydrogens (tertiary/aromatic N) is 1. The quantitative estimate of drug-likeness (QED) is 0.788. The molecule has 0 saturated heterocycles. The van der Waals surface area contributed by atoms with Crippen molar-refractivity contribution in [3.8, 4) is 0 Å². The van der Waals surface area contributed by atoms with E-state index in [-0.39, 0.29) is 11.5 Å². The Kier molecular flexibility index (Phi) is 4.68. The molecule has 2 N–H and O–H groups in total. The highest BCUT2D eigenvalue weighted by Crippen LogP contribution is 2.40. The molecule has 3 nitrogen and oxygen atoms in total. The van der Waals surface area contributed by atoms with Crippen LogP contribution in [0.1, 0.15) is 45.4 Å². The third kappa shape index (κ3) is 3.46. The predicted octanol–water partition coefficient (Wildman–Crippen LogP) is 1.88. The molecule has 2 unspecified atom stereocenters. The van der Waals surface area contributed by atoms with Gasteiger partial charge in [0.05, 0.1) is 6.10 Å². The fourth-order valence-corrected chi connectivity index (χ4v) is 4.03. The molecule has 0 aromatic heterocycles. The van der Waals surface area contributed by atoms with Gasteiger partial charge >= 0.3 is 0 Å². The second kappa shape index (κ2) is 5.89. The van der Waals surface area contributed by atoms with Gasteiger partial charge in [0.1, 0.15) is 0 Å². The summed E-state index contributed by atoms with van der Waals surface area (Å²) in [5.74, 6) is 1.42. The molecule has 2 atom stereocenters. The van der Waals surface area contributed by atoms with Crippen LogP contribution in [-0.2, 0) is 0 Å². The molecular formula is C15H29NO2. The molecule has 0 aliphatic heterocycles. The van der Waals surface area contributed by atoms with Gasteiger partial charge in [-0.1, -0.05) is 19.8 Å². The predicted molar refractivity (Wildman–Crippen MR) is 73.4 cm³/mol. The van der Waals surface area contributed by atoms with Gasteiger partial charge in [-0.3, -0.25) is 0 Å². The van der Waals surface area contributed by atoms with E-state index in [0.717, 1.165) is 31.8 Å². The molecule has 106 valence electrons. The van der Waals surface area contributed by atoms with E-state index in [4.69, 9.17) is 0 Å². The Morgan fingerprint density at radius 2 is 2.06 bits per heavy atom. The summed E-state index contributed by atoms with van der Waals surface area (Å²) < 4.78 is 0. The molecule has 2 fully saturated rings. The van der Waals surface area contributed by atoms with Crippen molar-refractivity contribution < 1.29 is 10.2 Å². The topological polar surface area (TPSA) is 43.7 Å². The summed E-state index contributed by atoms with van der Waals surface area (Å²) in [4.78, 5) is 2.38. The van der Waals surface area contributed by atoms with Gasteiger partial charge in [-0.05, 0) is 44.6 Å². The van der Waals surface area contributed by atoms with E-state index in [2.05, 4.69) is 18.9 Å². The minimum Gasteiger partial charge on any atom is -0.396 e. The third-order valence-electron chi connectivity index (χ3n) is 4.91. The smallest absolute Gasteiger partial charge is 0.0546 e. The van der Waals surface area contributed by atoms with Gasteiger partial charge in [0.25, 0.3) is 0 Å². The lowest BCUT2D eigenvalue weighted by Gasteiger charge is -2.43. The van der Waals surface area contributed by atoms with Crippen LogP contribution in [0.2, 0.25) is 0 Å². The average Bonchev–Trinajstić information content (AvgIpc) is 2.27. The van der Waals surface area contributed by atoms with Crippen molar-refractivity contribution in [3.63, 3.8) is 0 Å². The number of rotatable bonds is 5. The van der Waals surface area contributed by atoms with Crippen LogP contribution in [-0.4, -0.2) is 48.0 Å². The first-order valence-corrected chi connectivity index (χ1v) is 7.50. The van der Waals surface area contributed by atoms with Gasteiger partial charge < -0.3 is 15.1 Å². The molecule has 0 aromatic carbocycles. The van der Waals surface area contributed by atoms with Crippen LogP contribution >= 0.6 is 0 Å². The Balaban J connectivity index is 1.81. The van der Waals surface area contributed by atoms with Crippen LogP contribution in [0.25, 0.3) is 0 Å². The minimum atomic E-state index is -0.0510. The van der Waals surface area contributed by atoms with Crippen LogP contribution in [0, 0.1) is 17.3 Å². The molecular weight excluding hydrogens is 226 g/mol. The Labute approximate surface area is 111 Å². The lowest BCUT2D eigenvalue weighted by molar-refractivity contribution is -0.000202. The molecule has 2 aliphatic rings.